The van der Waals surface area contributed by atoms with E-state index in [-0.39, 0.29) is 24.6 Å². The molecule has 4 heteroatoms. The average Bonchev–Trinajstić information content (AvgIpc) is 2.87. The fraction of sp³-hybridized carbons (Fsp3) is 0.938. The maximum atomic E-state index is 12.4. The molecular weight excluding hydrogens is 448 g/mol. The van der Waals surface area contributed by atoms with Gasteiger partial charge in [-0.05, 0) is 25.7 Å². The van der Waals surface area contributed by atoms with E-state index in [1.807, 2.05) is 0 Å². The highest BCUT2D eigenvalue weighted by Gasteiger charge is 2.17. The lowest BCUT2D eigenvalue weighted by Gasteiger charge is -2.18. The first kappa shape index (κ1) is 34.9. The van der Waals surface area contributed by atoms with Crippen LogP contribution in [0, 0.1) is 0 Å². The van der Waals surface area contributed by atoms with E-state index in [2.05, 4.69) is 20.8 Å². The van der Waals surface area contributed by atoms with Crippen LogP contribution in [0.15, 0.2) is 0 Å². The molecule has 4 nitrogen and oxygen atoms in total. The third-order valence-electron chi connectivity index (χ3n) is 7.08. The lowest BCUT2D eigenvalue weighted by atomic mass is 10.0. The van der Waals surface area contributed by atoms with Gasteiger partial charge in [-0.3, -0.25) is 9.59 Å². The van der Waals surface area contributed by atoms with Crippen LogP contribution in [-0.2, 0) is 19.1 Å². The Labute approximate surface area is 225 Å². The van der Waals surface area contributed by atoms with Crippen molar-refractivity contribution in [1.29, 1.82) is 0 Å². The summed E-state index contributed by atoms with van der Waals surface area (Å²) in [5.74, 6) is -0.284. The summed E-state index contributed by atoms with van der Waals surface area (Å²) in [6.45, 7) is 6.87. The molecule has 1 unspecified atom stereocenters. The molecule has 0 spiro atoms. The van der Waals surface area contributed by atoms with Crippen LogP contribution in [0.2, 0.25) is 0 Å². The maximum absolute atomic E-state index is 12.4. The van der Waals surface area contributed by atoms with E-state index >= 15 is 0 Å². The van der Waals surface area contributed by atoms with Gasteiger partial charge in [0.05, 0.1) is 0 Å². The van der Waals surface area contributed by atoms with Crippen LogP contribution in [0.4, 0.5) is 0 Å². The molecule has 0 saturated heterocycles. The molecule has 0 amide bonds. The Morgan fingerprint density at radius 1 is 0.472 bits per heavy atom. The predicted octanol–water partition coefficient (Wildman–Crippen LogP) is 10.3. The van der Waals surface area contributed by atoms with Crippen molar-refractivity contribution < 1.29 is 19.1 Å². The second kappa shape index (κ2) is 28.5. The van der Waals surface area contributed by atoms with Gasteiger partial charge < -0.3 is 9.47 Å². The summed E-state index contributed by atoms with van der Waals surface area (Å²) in [6, 6.07) is 0. The summed E-state index contributed by atoms with van der Waals surface area (Å²) in [6.07, 6.45) is 28.3. The Morgan fingerprint density at radius 2 is 0.833 bits per heavy atom. The number of hydrogen-bond acceptors (Lipinski definition) is 4. The molecule has 0 rings (SSSR count). The van der Waals surface area contributed by atoms with Crippen molar-refractivity contribution >= 4 is 11.9 Å². The van der Waals surface area contributed by atoms with Crippen LogP contribution in [0.3, 0.4) is 0 Å². The molecule has 0 aliphatic heterocycles. The van der Waals surface area contributed by atoms with Crippen molar-refractivity contribution in [2.45, 2.75) is 187 Å². The molecular formula is C32H62O4. The first-order chi connectivity index (χ1) is 17.6. The monoisotopic (exact) mass is 510 g/mol. The molecule has 0 bridgehead atoms. The van der Waals surface area contributed by atoms with Crippen LogP contribution in [-0.4, -0.2) is 24.6 Å². The van der Waals surface area contributed by atoms with Crippen molar-refractivity contribution in [2.75, 3.05) is 6.61 Å². The molecule has 0 aromatic heterocycles. The Bertz CT molecular complexity index is 477. The molecule has 0 aliphatic rings. The zero-order valence-electron chi connectivity index (χ0n) is 24.6. The largest absolute Gasteiger partial charge is 0.462 e. The number of esters is 2. The van der Waals surface area contributed by atoms with Gasteiger partial charge in [-0.2, -0.15) is 0 Å². The summed E-state index contributed by atoms with van der Waals surface area (Å²) in [4.78, 5) is 24.5. The number of carbonyl (C=O) groups is 2. The smallest absolute Gasteiger partial charge is 0.306 e. The van der Waals surface area contributed by atoms with E-state index in [9.17, 15) is 9.59 Å². The molecule has 0 aromatic carbocycles. The number of rotatable bonds is 28. The number of hydrogen-bond donors (Lipinski definition) is 0. The van der Waals surface area contributed by atoms with Crippen molar-refractivity contribution in [1.82, 2.24) is 0 Å². The SMILES string of the molecule is CCCCCCCCCCCCCCC(COC(=O)CCCCCCC)OC(=O)CCCCCCC. The molecule has 36 heavy (non-hydrogen) atoms. The van der Waals surface area contributed by atoms with Gasteiger partial charge in [0.25, 0.3) is 0 Å². The summed E-state index contributed by atoms with van der Waals surface area (Å²) in [7, 11) is 0. The zero-order valence-corrected chi connectivity index (χ0v) is 24.6. The predicted molar refractivity (Wildman–Crippen MR) is 153 cm³/mol. The normalized spacial score (nSPS) is 12.0. The molecule has 0 aliphatic carbocycles. The van der Waals surface area contributed by atoms with Crippen LogP contribution in [0.5, 0.6) is 0 Å². The second-order valence-corrected chi connectivity index (χ2v) is 10.8. The van der Waals surface area contributed by atoms with Gasteiger partial charge in [0, 0.05) is 12.8 Å². The molecule has 214 valence electrons. The van der Waals surface area contributed by atoms with E-state index in [1.54, 1.807) is 0 Å². The summed E-state index contributed by atoms with van der Waals surface area (Å²) < 4.78 is 11.3. The highest BCUT2D eigenvalue weighted by Crippen LogP contribution is 2.15. The minimum absolute atomic E-state index is 0.133. The molecule has 0 N–H and O–H groups in total. The zero-order chi connectivity index (χ0) is 26.5. The molecule has 0 aromatic rings. The van der Waals surface area contributed by atoms with E-state index in [0.29, 0.717) is 12.8 Å². The van der Waals surface area contributed by atoms with E-state index in [4.69, 9.17) is 9.47 Å². The van der Waals surface area contributed by atoms with Crippen molar-refractivity contribution in [3.63, 3.8) is 0 Å². The highest BCUT2D eigenvalue weighted by molar-refractivity contribution is 5.70. The van der Waals surface area contributed by atoms with Gasteiger partial charge in [0.1, 0.15) is 12.7 Å². The summed E-state index contributed by atoms with van der Waals surface area (Å²) in [5, 5.41) is 0. The van der Waals surface area contributed by atoms with Gasteiger partial charge in [-0.15, -0.1) is 0 Å². The first-order valence-corrected chi connectivity index (χ1v) is 16.0. The minimum atomic E-state index is -0.291. The molecule has 0 fully saturated rings. The Hall–Kier alpha value is -1.06. The number of ether oxygens (including phenoxy) is 2. The van der Waals surface area contributed by atoms with Gasteiger partial charge >= 0.3 is 11.9 Å². The van der Waals surface area contributed by atoms with Crippen LogP contribution < -0.4 is 0 Å². The summed E-state index contributed by atoms with van der Waals surface area (Å²) in [5.41, 5.74) is 0. The fourth-order valence-electron chi connectivity index (χ4n) is 4.64. The lowest BCUT2D eigenvalue weighted by molar-refractivity contribution is -0.159. The van der Waals surface area contributed by atoms with E-state index in [0.717, 1.165) is 44.9 Å². The molecule has 1 atom stereocenters. The number of carbonyl (C=O) groups excluding carboxylic acids is 2. The lowest BCUT2D eigenvalue weighted by Crippen LogP contribution is -2.25. The van der Waals surface area contributed by atoms with Crippen LogP contribution in [0.25, 0.3) is 0 Å². The standard InChI is InChI=1S/C32H62O4/c1-4-7-10-13-14-15-16-17-18-19-22-23-26-30(36-32(34)28-25-21-12-9-6-3)29-35-31(33)27-24-20-11-8-5-2/h30H,4-29H2,1-3H3. The summed E-state index contributed by atoms with van der Waals surface area (Å²) >= 11 is 0. The molecule has 0 heterocycles. The second-order valence-electron chi connectivity index (χ2n) is 10.8. The van der Waals surface area contributed by atoms with Crippen molar-refractivity contribution in [3.8, 4) is 0 Å². The Kier molecular flexibility index (Phi) is 27.7. The maximum Gasteiger partial charge on any atom is 0.306 e. The van der Waals surface area contributed by atoms with Crippen LogP contribution >= 0.6 is 0 Å². The van der Waals surface area contributed by atoms with E-state index < -0.39 is 0 Å². The Balaban J connectivity index is 4.11. The number of unbranched alkanes of at least 4 members (excludes halogenated alkanes) is 19. The van der Waals surface area contributed by atoms with Gasteiger partial charge in [-0.25, -0.2) is 0 Å². The topological polar surface area (TPSA) is 52.6 Å². The third kappa shape index (κ3) is 26.0. The quantitative estimate of drug-likeness (QED) is 0.0775. The van der Waals surface area contributed by atoms with Crippen molar-refractivity contribution in [3.05, 3.63) is 0 Å². The fourth-order valence-corrected chi connectivity index (χ4v) is 4.64. The highest BCUT2D eigenvalue weighted by atomic mass is 16.6. The first-order valence-electron chi connectivity index (χ1n) is 16.0. The van der Waals surface area contributed by atoms with Crippen LogP contribution in [0.1, 0.15) is 181 Å². The average molecular weight is 511 g/mol. The van der Waals surface area contributed by atoms with Gasteiger partial charge in [-0.1, -0.05) is 143 Å². The molecule has 0 radical (unpaired) electrons. The Morgan fingerprint density at radius 3 is 1.28 bits per heavy atom. The van der Waals surface area contributed by atoms with Gasteiger partial charge in [0.2, 0.25) is 0 Å². The van der Waals surface area contributed by atoms with E-state index in [1.165, 1.54) is 103 Å². The van der Waals surface area contributed by atoms with Crippen molar-refractivity contribution in [2.24, 2.45) is 0 Å². The minimum Gasteiger partial charge on any atom is -0.462 e. The third-order valence-corrected chi connectivity index (χ3v) is 7.08. The molecule has 0 saturated carbocycles. The van der Waals surface area contributed by atoms with Gasteiger partial charge in [0.15, 0.2) is 0 Å².